The highest BCUT2D eigenvalue weighted by Gasteiger charge is 2.54. The molecule has 0 aromatic heterocycles. The summed E-state index contributed by atoms with van der Waals surface area (Å²) < 4.78 is 5.23. The molecule has 3 N–H and O–H groups in total. The van der Waals surface area contributed by atoms with Gasteiger partial charge in [-0.1, -0.05) is 79.9 Å². The highest BCUT2D eigenvalue weighted by Crippen LogP contribution is 2.33. The van der Waals surface area contributed by atoms with Gasteiger partial charge in [-0.05, 0) is 48.2 Å². The zero-order valence-corrected chi connectivity index (χ0v) is 23.8. The highest BCUT2D eigenvalue weighted by molar-refractivity contribution is 6.46. The Bertz CT molecular complexity index is 1390. The van der Waals surface area contributed by atoms with Crippen molar-refractivity contribution in [3.8, 4) is 5.75 Å². The van der Waals surface area contributed by atoms with Crippen LogP contribution >= 0.6 is 0 Å². The van der Waals surface area contributed by atoms with Gasteiger partial charge in [0, 0.05) is 19.1 Å². The third-order valence-corrected chi connectivity index (χ3v) is 7.90. The van der Waals surface area contributed by atoms with E-state index >= 15 is 0 Å². The third kappa shape index (κ3) is 6.79. The van der Waals surface area contributed by atoms with Crippen molar-refractivity contribution in [2.75, 3.05) is 12.5 Å². The van der Waals surface area contributed by atoms with E-state index in [-0.39, 0.29) is 36.7 Å². The fourth-order valence-corrected chi connectivity index (χ4v) is 5.69. The molecule has 2 aliphatic rings. The Hall–Kier alpha value is -4.66. The zero-order valence-electron chi connectivity index (χ0n) is 23.8. The fourth-order valence-electron chi connectivity index (χ4n) is 5.69. The lowest BCUT2D eigenvalue weighted by atomic mass is 9.92. The maximum absolute atomic E-state index is 14.1. The number of hydrazone groups is 1. The number of methoxy groups -OCH3 is 1. The third-order valence-electron chi connectivity index (χ3n) is 7.90. The van der Waals surface area contributed by atoms with Crippen LogP contribution in [-0.4, -0.2) is 47.5 Å². The summed E-state index contributed by atoms with van der Waals surface area (Å²) in [6.07, 6.45) is 4.59. The normalized spacial score (nSPS) is 19.9. The molecule has 5 rings (SSSR count). The Labute approximate surface area is 246 Å². The average Bonchev–Trinajstić information content (AvgIpc) is 3.34. The number of hydrogen-bond donors (Lipinski definition) is 3. The number of benzene rings is 3. The van der Waals surface area contributed by atoms with Crippen LogP contribution in [0.3, 0.4) is 0 Å². The highest BCUT2D eigenvalue weighted by atomic mass is 16.5. The van der Waals surface area contributed by atoms with Gasteiger partial charge >= 0.3 is 0 Å². The number of anilines is 1. The van der Waals surface area contributed by atoms with Crippen LogP contribution in [0.4, 0.5) is 5.69 Å². The minimum atomic E-state index is -1.09. The molecule has 9 heteroatoms. The van der Waals surface area contributed by atoms with E-state index in [4.69, 9.17) is 4.74 Å². The second-order valence-corrected chi connectivity index (χ2v) is 10.7. The summed E-state index contributed by atoms with van der Waals surface area (Å²) in [4.78, 5) is 43.5. The SMILES string of the molecule is COc1ccc(N/N=C2\C(=O)N(C3CCCCC3)C(C(=O)NCc3ccccc3)C2C(=O)NCc2ccccc2)cc1. The van der Waals surface area contributed by atoms with Gasteiger partial charge in [-0.25, -0.2) is 0 Å². The smallest absolute Gasteiger partial charge is 0.271 e. The first-order valence-corrected chi connectivity index (χ1v) is 14.5. The van der Waals surface area contributed by atoms with E-state index in [2.05, 4.69) is 21.2 Å². The lowest BCUT2D eigenvalue weighted by molar-refractivity contribution is -0.139. The second-order valence-electron chi connectivity index (χ2n) is 10.7. The van der Waals surface area contributed by atoms with Crippen molar-refractivity contribution in [1.82, 2.24) is 15.5 Å². The maximum Gasteiger partial charge on any atom is 0.271 e. The van der Waals surface area contributed by atoms with Gasteiger partial charge in [-0.3, -0.25) is 19.8 Å². The molecule has 0 spiro atoms. The summed E-state index contributed by atoms with van der Waals surface area (Å²) in [7, 11) is 1.58. The lowest BCUT2D eigenvalue weighted by Crippen LogP contribution is -2.53. The molecule has 2 fully saturated rings. The largest absolute Gasteiger partial charge is 0.497 e. The number of ether oxygens (including phenoxy) is 1. The van der Waals surface area contributed by atoms with Crippen LogP contribution in [0.5, 0.6) is 5.75 Å². The molecule has 3 amide bonds. The summed E-state index contributed by atoms with van der Waals surface area (Å²) in [6, 6.07) is 25.1. The molecule has 2 atom stereocenters. The Morgan fingerprint density at radius 1 is 0.810 bits per heavy atom. The first-order valence-electron chi connectivity index (χ1n) is 14.5. The fraction of sp³-hybridized carbons (Fsp3) is 0.333. The Morgan fingerprint density at radius 3 is 1.95 bits per heavy atom. The molecule has 42 heavy (non-hydrogen) atoms. The predicted molar refractivity (Wildman–Crippen MR) is 162 cm³/mol. The molecule has 3 aromatic rings. The van der Waals surface area contributed by atoms with Crippen molar-refractivity contribution in [3.05, 3.63) is 96.1 Å². The number of nitrogens with zero attached hydrogens (tertiary/aromatic N) is 2. The molecule has 1 heterocycles. The molecule has 2 unspecified atom stereocenters. The average molecular weight is 568 g/mol. The molecule has 218 valence electrons. The molecule has 1 aliphatic heterocycles. The van der Waals surface area contributed by atoms with Crippen LogP contribution in [0, 0.1) is 5.92 Å². The van der Waals surface area contributed by atoms with Gasteiger partial charge in [-0.15, -0.1) is 0 Å². The summed E-state index contributed by atoms with van der Waals surface area (Å²) in [6.45, 7) is 0.559. The summed E-state index contributed by atoms with van der Waals surface area (Å²) in [5, 5.41) is 10.4. The molecular weight excluding hydrogens is 530 g/mol. The second kappa shape index (κ2) is 13.8. The minimum absolute atomic E-state index is 0.0295. The van der Waals surface area contributed by atoms with E-state index in [1.807, 2.05) is 60.7 Å². The van der Waals surface area contributed by atoms with E-state index in [0.29, 0.717) is 11.4 Å². The lowest BCUT2D eigenvalue weighted by Gasteiger charge is -2.35. The number of nitrogens with one attached hydrogen (secondary N) is 3. The Balaban J connectivity index is 1.47. The molecule has 9 nitrogen and oxygen atoms in total. The number of likely N-dealkylation sites (tertiary alicyclic amines) is 1. The van der Waals surface area contributed by atoms with Crippen molar-refractivity contribution in [3.63, 3.8) is 0 Å². The van der Waals surface area contributed by atoms with Crippen LogP contribution in [0.15, 0.2) is 90.0 Å². The topological polar surface area (TPSA) is 112 Å². The number of rotatable bonds is 10. The maximum atomic E-state index is 14.1. The number of amides is 3. The molecule has 1 saturated heterocycles. The van der Waals surface area contributed by atoms with Gasteiger partial charge in [0.15, 0.2) is 0 Å². The Kier molecular flexibility index (Phi) is 9.48. The van der Waals surface area contributed by atoms with E-state index < -0.39 is 17.9 Å². The van der Waals surface area contributed by atoms with Crippen molar-refractivity contribution in [1.29, 1.82) is 0 Å². The molecule has 1 saturated carbocycles. The minimum Gasteiger partial charge on any atom is -0.497 e. The van der Waals surface area contributed by atoms with Gasteiger partial charge in [0.25, 0.3) is 5.91 Å². The van der Waals surface area contributed by atoms with E-state index in [1.54, 1.807) is 36.3 Å². The van der Waals surface area contributed by atoms with Crippen LogP contribution in [0.1, 0.15) is 43.2 Å². The number of hydrogen-bond acceptors (Lipinski definition) is 6. The number of carbonyl (C=O) groups excluding carboxylic acids is 3. The van der Waals surface area contributed by atoms with Crippen LogP contribution in [0.2, 0.25) is 0 Å². The molecular formula is C33H37N5O4. The standard InChI is InChI=1S/C33H37N5O4/c1-42-27-19-17-25(18-20-27)36-37-29-28(31(39)34-21-23-11-5-2-6-12-23)30(32(40)35-22-24-13-7-3-8-14-24)38(33(29)41)26-15-9-4-10-16-26/h2-3,5-8,11-14,17-20,26,28,30,36H,4,9-10,15-16,21-22H2,1H3,(H,34,39)(H,35,40)/b37-29-. The summed E-state index contributed by atoms with van der Waals surface area (Å²) >= 11 is 0. The summed E-state index contributed by atoms with van der Waals surface area (Å²) in [5.41, 5.74) is 5.44. The van der Waals surface area contributed by atoms with Gasteiger partial charge in [0.1, 0.15) is 23.4 Å². The van der Waals surface area contributed by atoms with Gasteiger partial charge in [0.05, 0.1) is 12.8 Å². The molecule has 3 aromatic carbocycles. The van der Waals surface area contributed by atoms with E-state index in [0.717, 1.165) is 43.2 Å². The van der Waals surface area contributed by atoms with Crippen LogP contribution in [-0.2, 0) is 27.5 Å². The van der Waals surface area contributed by atoms with E-state index in [1.165, 1.54) is 0 Å². The molecule has 0 bridgehead atoms. The van der Waals surface area contributed by atoms with Gasteiger partial charge < -0.3 is 20.3 Å². The van der Waals surface area contributed by atoms with Crippen LogP contribution in [0.25, 0.3) is 0 Å². The van der Waals surface area contributed by atoms with Gasteiger partial charge in [0.2, 0.25) is 11.8 Å². The monoisotopic (exact) mass is 567 g/mol. The van der Waals surface area contributed by atoms with Gasteiger partial charge in [-0.2, -0.15) is 5.10 Å². The first-order chi connectivity index (χ1) is 20.5. The summed E-state index contributed by atoms with van der Waals surface area (Å²) in [5.74, 6) is -1.58. The first kappa shape index (κ1) is 28.9. The van der Waals surface area contributed by atoms with Crippen molar-refractivity contribution >= 4 is 29.1 Å². The van der Waals surface area contributed by atoms with Crippen molar-refractivity contribution in [2.45, 2.75) is 57.3 Å². The van der Waals surface area contributed by atoms with Crippen molar-refractivity contribution in [2.24, 2.45) is 11.0 Å². The number of carbonyl (C=O) groups is 3. The predicted octanol–water partition coefficient (Wildman–Crippen LogP) is 4.26. The quantitative estimate of drug-likeness (QED) is 0.317. The molecule has 1 aliphatic carbocycles. The Morgan fingerprint density at radius 2 is 1.38 bits per heavy atom. The van der Waals surface area contributed by atoms with Crippen molar-refractivity contribution < 1.29 is 19.1 Å². The zero-order chi connectivity index (χ0) is 29.3. The van der Waals surface area contributed by atoms with Crippen LogP contribution < -0.4 is 20.8 Å². The van der Waals surface area contributed by atoms with E-state index in [9.17, 15) is 14.4 Å². The molecule has 0 radical (unpaired) electrons.